The first kappa shape index (κ1) is 21.4. The third-order valence-corrected chi connectivity index (χ3v) is 8.69. The van der Waals surface area contributed by atoms with E-state index in [1.807, 2.05) is 52.9 Å². The number of hydrogen-bond donors (Lipinski definition) is 1. The molecular formula is C24H26BrClN6O. The van der Waals surface area contributed by atoms with Crippen LogP contribution in [0.25, 0.3) is 0 Å². The van der Waals surface area contributed by atoms with Gasteiger partial charge in [-0.25, -0.2) is 9.67 Å². The van der Waals surface area contributed by atoms with E-state index in [1.165, 1.54) is 6.42 Å². The molecular weight excluding hydrogens is 504 g/mol. The van der Waals surface area contributed by atoms with Crippen molar-refractivity contribution in [2.45, 2.75) is 57.5 Å². The number of rotatable bonds is 5. The van der Waals surface area contributed by atoms with Crippen LogP contribution in [-0.2, 0) is 16.9 Å². The van der Waals surface area contributed by atoms with E-state index >= 15 is 0 Å². The summed E-state index contributed by atoms with van der Waals surface area (Å²) in [5, 5.41) is 13.2. The largest absolute Gasteiger partial charge is 0.309 e. The quantitative estimate of drug-likeness (QED) is 0.494. The predicted molar refractivity (Wildman–Crippen MR) is 129 cm³/mol. The van der Waals surface area contributed by atoms with Gasteiger partial charge in [0.05, 0.1) is 17.5 Å². The van der Waals surface area contributed by atoms with Crippen LogP contribution in [0.15, 0.2) is 41.4 Å². The van der Waals surface area contributed by atoms with Crippen molar-refractivity contribution in [3.8, 4) is 0 Å². The van der Waals surface area contributed by atoms with Crippen molar-refractivity contribution >= 4 is 39.3 Å². The maximum absolute atomic E-state index is 13.7. The second kappa shape index (κ2) is 7.67. The molecule has 1 amide bonds. The van der Waals surface area contributed by atoms with E-state index in [0.717, 1.165) is 48.4 Å². The average Bonchev–Trinajstić information content (AvgIpc) is 3.34. The zero-order valence-corrected chi connectivity index (χ0v) is 20.8. The zero-order chi connectivity index (χ0) is 22.8. The Morgan fingerprint density at radius 3 is 2.67 bits per heavy atom. The lowest BCUT2D eigenvalue weighted by atomic mass is 9.46. The maximum atomic E-state index is 13.7. The molecule has 7 nitrogen and oxygen atoms in total. The molecule has 2 atom stereocenters. The Labute approximate surface area is 206 Å². The number of aryl methyl sites for hydroxylation is 1. The minimum absolute atomic E-state index is 0.0996. The molecule has 4 bridgehead atoms. The van der Waals surface area contributed by atoms with E-state index in [1.54, 1.807) is 0 Å². The van der Waals surface area contributed by atoms with Crippen molar-refractivity contribution in [1.29, 1.82) is 0 Å². The van der Waals surface area contributed by atoms with Crippen molar-refractivity contribution in [1.82, 2.24) is 24.5 Å². The van der Waals surface area contributed by atoms with Crippen LogP contribution in [0.1, 0.15) is 49.8 Å². The summed E-state index contributed by atoms with van der Waals surface area (Å²) in [6.45, 7) is 2.57. The van der Waals surface area contributed by atoms with Crippen LogP contribution >= 0.6 is 27.5 Å². The number of anilines is 1. The molecule has 1 aromatic carbocycles. The molecule has 172 valence electrons. The van der Waals surface area contributed by atoms with Gasteiger partial charge in [-0.15, -0.1) is 5.10 Å². The molecule has 33 heavy (non-hydrogen) atoms. The lowest BCUT2D eigenvalue weighted by Gasteiger charge is -2.60. The van der Waals surface area contributed by atoms with Gasteiger partial charge < -0.3 is 5.32 Å². The molecule has 2 heterocycles. The molecule has 3 aromatic rings. The number of benzene rings is 1. The Bertz CT molecular complexity index is 1220. The summed E-state index contributed by atoms with van der Waals surface area (Å²) in [5.74, 6) is 1.82. The van der Waals surface area contributed by atoms with Crippen molar-refractivity contribution in [3.05, 3.63) is 57.7 Å². The molecule has 2 unspecified atom stereocenters. The highest BCUT2D eigenvalue weighted by atomic mass is 79.9. The molecule has 0 aliphatic heterocycles. The van der Waals surface area contributed by atoms with Crippen molar-refractivity contribution in [2.75, 3.05) is 5.32 Å². The van der Waals surface area contributed by atoms with Crippen molar-refractivity contribution in [2.24, 2.45) is 17.3 Å². The summed E-state index contributed by atoms with van der Waals surface area (Å²) in [4.78, 5) is 18.0. The number of hydrogen-bond acceptors (Lipinski definition) is 4. The lowest BCUT2D eigenvalue weighted by Crippen LogP contribution is -2.60. The van der Waals surface area contributed by atoms with Crippen LogP contribution in [0.5, 0.6) is 0 Å². The van der Waals surface area contributed by atoms with Crippen LogP contribution < -0.4 is 5.32 Å². The summed E-state index contributed by atoms with van der Waals surface area (Å²) in [6.07, 6.45) is 7.92. The summed E-state index contributed by atoms with van der Waals surface area (Å²) in [5.41, 5.74) is 1.51. The number of carbonyl (C=O) groups is 1. The molecule has 1 N–H and O–H groups in total. The van der Waals surface area contributed by atoms with Crippen LogP contribution in [0.3, 0.4) is 0 Å². The monoisotopic (exact) mass is 528 g/mol. The van der Waals surface area contributed by atoms with Gasteiger partial charge in [0.15, 0.2) is 5.82 Å². The van der Waals surface area contributed by atoms with E-state index in [-0.39, 0.29) is 16.9 Å². The molecule has 0 spiro atoms. The second-order valence-electron chi connectivity index (χ2n) is 10.3. The van der Waals surface area contributed by atoms with Crippen LogP contribution in [-0.4, -0.2) is 30.5 Å². The highest BCUT2D eigenvalue weighted by Crippen LogP contribution is 2.64. The Morgan fingerprint density at radius 2 is 1.97 bits per heavy atom. The number of nitrogens with zero attached hydrogens (tertiary/aromatic N) is 5. The third kappa shape index (κ3) is 3.62. The fraction of sp³-hybridized carbons (Fsp3) is 0.500. The third-order valence-electron chi connectivity index (χ3n) is 7.96. The smallest absolute Gasteiger partial charge is 0.231 e. The zero-order valence-electron chi connectivity index (χ0n) is 18.5. The predicted octanol–water partition coefficient (Wildman–Crippen LogP) is 5.18. The molecule has 0 radical (unpaired) electrons. The summed E-state index contributed by atoms with van der Waals surface area (Å²) in [6, 6.07) is 9.72. The molecule has 2 aromatic heterocycles. The topological polar surface area (TPSA) is 77.6 Å². The molecule has 4 aliphatic rings. The molecule has 4 saturated carbocycles. The van der Waals surface area contributed by atoms with Gasteiger partial charge in [0.1, 0.15) is 6.33 Å². The van der Waals surface area contributed by atoms with Crippen LogP contribution in [0.2, 0.25) is 5.02 Å². The van der Waals surface area contributed by atoms with E-state index in [2.05, 4.69) is 36.4 Å². The van der Waals surface area contributed by atoms with Gasteiger partial charge in [0, 0.05) is 16.8 Å². The second-order valence-corrected chi connectivity index (χ2v) is 11.4. The lowest BCUT2D eigenvalue weighted by molar-refractivity contribution is -0.150. The van der Waals surface area contributed by atoms with Crippen molar-refractivity contribution in [3.63, 3.8) is 0 Å². The Morgan fingerprint density at radius 1 is 1.21 bits per heavy atom. The van der Waals surface area contributed by atoms with Crippen LogP contribution in [0, 0.1) is 24.2 Å². The number of carbonyl (C=O) groups excluding carboxylic acids is 1. The fourth-order valence-corrected chi connectivity index (χ4v) is 7.45. The molecule has 0 saturated heterocycles. The van der Waals surface area contributed by atoms with Gasteiger partial charge in [0.2, 0.25) is 10.6 Å². The van der Waals surface area contributed by atoms with Gasteiger partial charge in [-0.2, -0.15) is 5.10 Å². The Kier molecular flexibility index (Phi) is 4.96. The number of aromatic nitrogens is 5. The van der Waals surface area contributed by atoms with E-state index in [4.69, 9.17) is 11.6 Å². The first-order valence-electron chi connectivity index (χ1n) is 11.5. The molecule has 9 heteroatoms. The summed E-state index contributed by atoms with van der Waals surface area (Å²) in [7, 11) is 0. The molecule has 4 fully saturated rings. The minimum Gasteiger partial charge on any atom is -0.309 e. The molecule has 7 rings (SSSR count). The van der Waals surface area contributed by atoms with Gasteiger partial charge in [-0.05, 0) is 84.8 Å². The van der Waals surface area contributed by atoms with Crippen molar-refractivity contribution < 1.29 is 4.79 Å². The average molecular weight is 530 g/mol. The van der Waals surface area contributed by atoms with E-state index in [9.17, 15) is 4.79 Å². The minimum atomic E-state index is -0.372. The maximum Gasteiger partial charge on any atom is 0.231 e. The van der Waals surface area contributed by atoms with Gasteiger partial charge >= 0.3 is 0 Å². The number of halogens is 2. The number of nitrogens with one attached hydrogen (secondary N) is 1. The first-order chi connectivity index (χ1) is 15.8. The number of amides is 1. The first-order valence-corrected chi connectivity index (χ1v) is 12.7. The van der Waals surface area contributed by atoms with Gasteiger partial charge in [0.25, 0.3) is 0 Å². The SMILES string of the molecule is Cc1cc(NC(=O)C23CC4CC(C2)CC(n2cnc(Br)n2)(C4)C3)nn1Cc1ccccc1Cl. The van der Waals surface area contributed by atoms with E-state index < -0.39 is 0 Å². The highest BCUT2D eigenvalue weighted by Gasteiger charge is 2.61. The summed E-state index contributed by atoms with van der Waals surface area (Å²) >= 11 is 9.73. The molecule has 4 aliphatic carbocycles. The highest BCUT2D eigenvalue weighted by molar-refractivity contribution is 9.10. The van der Waals surface area contributed by atoms with Crippen LogP contribution in [0.4, 0.5) is 5.82 Å². The van der Waals surface area contributed by atoms with E-state index in [0.29, 0.717) is 28.9 Å². The Balaban J connectivity index is 1.25. The van der Waals surface area contributed by atoms with Gasteiger partial charge in [-0.3, -0.25) is 9.48 Å². The fourth-order valence-electron chi connectivity index (χ4n) is 6.99. The normalized spacial score (nSPS) is 30.0. The Hall–Kier alpha value is -2.19. The standard InChI is InChI=1S/C24H26BrClN6O/c1-15-6-20(29-31(15)12-18-4-2-3-5-19(18)26)28-21(33)23-8-16-7-17(9-23)11-24(10-16,13-23)32-14-27-22(25)30-32/h2-6,14,16-17H,7-13H2,1H3,(H,28,29,33). The van der Waals surface area contributed by atoms with Gasteiger partial charge in [-0.1, -0.05) is 29.8 Å². The summed E-state index contributed by atoms with van der Waals surface area (Å²) < 4.78 is 4.53.